The Morgan fingerprint density at radius 3 is 2.86 bits per heavy atom. The van der Waals surface area contributed by atoms with Gasteiger partial charge < -0.3 is 9.42 Å². The molecule has 1 aliphatic heterocycles. The topological polar surface area (TPSA) is 59.2 Å². The molecule has 2 aromatic rings. The van der Waals surface area contributed by atoms with Crippen LogP contribution in [-0.4, -0.2) is 34.0 Å². The van der Waals surface area contributed by atoms with Crippen LogP contribution in [0, 0.1) is 5.82 Å². The number of aromatic nitrogens is 2. The maximum Gasteiger partial charge on any atom is 0.231 e. The SMILES string of the molecule is CC(=O)N1CCC[C@H](c2nc(-c3ccc(F)cc3)no2)C1. The van der Waals surface area contributed by atoms with Crippen molar-refractivity contribution in [3.05, 3.63) is 36.0 Å². The molecule has 1 atom stereocenters. The second-order valence-corrected chi connectivity index (χ2v) is 5.27. The van der Waals surface area contributed by atoms with Gasteiger partial charge in [0.05, 0.1) is 5.92 Å². The molecule has 3 rings (SSSR count). The zero-order chi connectivity index (χ0) is 14.8. The average molecular weight is 289 g/mol. The maximum absolute atomic E-state index is 12.9. The molecular weight excluding hydrogens is 273 g/mol. The number of hydrogen-bond acceptors (Lipinski definition) is 4. The normalized spacial score (nSPS) is 18.8. The third-order valence-electron chi connectivity index (χ3n) is 3.76. The van der Waals surface area contributed by atoms with Crippen molar-refractivity contribution in [3.63, 3.8) is 0 Å². The van der Waals surface area contributed by atoms with E-state index in [9.17, 15) is 9.18 Å². The van der Waals surface area contributed by atoms with Gasteiger partial charge in [-0.25, -0.2) is 4.39 Å². The van der Waals surface area contributed by atoms with Gasteiger partial charge in [0.25, 0.3) is 0 Å². The Morgan fingerprint density at radius 2 is 2.14 bits per heavy atom. The highest BCUT2D eigenvalue weighted by Crippen LogP contribution is 2.27. The quantitative estimate of drug-likeness (QED) is 0.852. The molecule has 0 spiro atoms. The van der Waals surface area contributed by atoms with Crippen molar-refractivity contribution in [2.45, 2.75) is 25.7 Å². The Hall–Kier alpha value is -2.24. The molecule has 1 amide bonds. The summed E-state index contributed by atoms with van der Waals surface area (Å²) >= 11 is 0. The molecule has 2 heterocycles. The van der Waals surface area contributed by atoms with E-state index in [-0.39, 0.29) is 17.6 Å². The van der Waals surface area contributed by atoms with Crippen molar-refractivity contribution in [1.82, 2.24) is 15.0 Å². The Balaban J connectivity index is 1.78. The van der Waals surface area contributed by atoms with Crippen molar-refractivity contribution < 1.29 is 13.7 Å². The highest BCUT2D eigenvalue weighted by molar-refractivity contribution is 5.73. The Labute approximate surface area is 121 Å². The first-order valence-electron chi connectivity index (χ1n) is 6.98. The molecule has 1 aromatic carbocycles. The van der Waals surface area contributed by atoms with E-state index in [0.717, 1.165) is 19.4 Å². The molecule has 0 aliphatic carbocycles. The second kappa shape index (κ2) is 5.63. The van der Waals surface area contributed by atoms with Crippen molar-refractivity contribution in [3.8, 4) is 11.4 Å². The van der Waals surface area contributed by atoms with E-state index in [0.29, 0.717) is 23.8 Å². The molecular formula is C15H16FN3O2. The zero-order valence-electron chi connectivity index (χ0n) is 11.8. The number of carbonyl (C=O) groups excluding carboxylic acids is 1. The van der Waals surface area contributed by atoms with Crippen LogP contribution < -0.4 is 0 Å². The van der Waals surface area contributed by atoms with E-state index in [2.05, 4.69) is 10.1 Å². The number of amides is 1. The van der Waals surface area contributed by atoms with Crippen LogP contribution in [0.4, 0.5) is 4.39 Å². The molecule has 0 bridgehead atoms. The monoisotopic (exact) mass is 289 g/mol. The molecule has 21 heavy (non-hydrogen) atoms. The van der Waals surface area contributed by atoms with Crippen LogP contribution in [0.2, 0.25) is 0 Å². The first-order valence-corrected chi connectivity index (χ1v) is 6.98. The molecule has 5 nitrogen and oxygen atoms in total. The highest BCUT2D eigenvalue weighted by Gasteiger charge is 2.27. The summed E-state index contributed by atoms with van der Waals surface area (Å²) in [7, 11) is 0. The largest absolute Gasteiger partial charge is 0.342 e. The minimum Gasteiger partial charge on any atom is -0.342 e. The molecule has 1 aromatic heterocycles. The van der Waals surface area contributed by atoms with E-state index < -0.39 is 0 Å². The number of hydrogen-bond donors (Lipinski definition) is 0. The number of piperidine rings is 1. The molecule has 6 heteroatoms. The number of nitrogens with zero attached hydrogens (tertiary/aromatic N) is 3. The summed E-state index contributed by atoms with van der Waals surface area (Å²) < 4.78 is 18.2. The standard InChI is InChI=1S/C15H16FN3O2/c1-10(20)19-8-2-3-12(9-19)15-17-14(18-21-15)11-4-6-13(16)7-5-11/h4-7,12H,2-3,8-9H2,1H3/t12-/m0/s1. The molecule has 0 N–H and O–H groups in total. The van der Waals surface area contributed by atoms with E-state index in [1.807, 2.05) is 0 Å². The minimum atomic E-state index is -0.299. The summed E-state index contributed by atoms with van der Waals surface area (Å²) in [5.74, 6) is 0.833. The highest BCUT2D eigenvalue weighted by atomic mass is 19.1. The third kappa shape index (κ3) is 2.94. The number of halogens is 1. The fraction of sp³-hybridized carbons (Fsp3) is 0.400. The van der Waals surface area contributed by atoms with Gasteiger partial charge >= 0.3 is 0 Å². The van der Waals surface area contributed by atoms with Gasteiger partial charge in [-0.15, -0.1) is 0 Å². The van der Waals surface area contributed by atoms with Gasteiger partial charge in [-0.05, 0) is 37.1 Å². The van der Waals surface area contributed by atoms with Gasteiger partial charge in [0.15, 0.2) is 0 Å². The molecule has 0 unspecified atom stereocenters. The van der Waals surface area contributed by atoms with Crippen LogP contribution in [0.15, 0.2) is 28.8 Å². The molecule has 0 saturated carbocycles. The van der Waals surface area contributed by atoms with Gasteiger partial charge in [-0.2, -0.15) is 4.98 Å². The maximum atomic E-state index is 12.9. The molecule has 110 valence electrons. The number of benzene rings is 1. The Morgan fingerprint density at radius 1 is 1.38 bits per heavy atom. The van der Waals surface area contributed by atoms with E-state index in [1.54, 1.807) is 24.0 Å². The lowest BCUT2D eigenvalue weighted by Gasteiger charge is -2.29. The number of rotatable bonds is 2. The van der Waals surface area contributed by atoms with Crippen LogP contribution in [0.3, 0.4) is 0 Å². The fourth-order valence-corrected chi connectivity index (χ4v) is 2.58. The van der Waals surface area contributed by atoms with Crippen LogP contribution in [0.25, 0.3) is 11.4 Å². The second-order valence-electron chi connectivity index (χ2n) is 5.27. The first-order chi connectivity index (χ1) is 10.1. The smallest absolute Gasteiger partial charge is 0.231 e. The minimum absolute atomic E-state index is 0.0676. The van der Waals surface area contributed by atoms with E-state index in [4.69, 9.17) is 4.52 Å². The number of likely N-dealkylation sites (tertiary alicyclic amines) is 1. The average Bonchev–Trinajstić information content (AvgIpc) is 2.98. The molecule has 1 aliphatic rings. The van der Waals surface area contributed by atoms with E-state index >= 15 is 0 Å². The summed E-state index contributed by atoms with van der Waals surface area (Å²) in [6.07, 6.45) is 1.85. The van der Waals surface area contributed by atoms with Gasteiger partial charge in [-0.3, -0.25) is 4.79 Å². The Kier molecular flexibility index (Phi) is 3.68. The predicted molar refractivity (Wildman–Crippen MR) is 73.9 cm³/mol. The van der Waals surface area contributed by atoms with Gasteiger partial charge in [0, 0.05) is 25.6 Å². The Bertz CT molecular complexity index is 639. The lowest BCUT2D eigenvalue weighted by molar-refractivity contribution is -0.130. The lowest BCUT2D eigenvalue weighted by Crippen LogP contribution is -2.37. The zero-order valence-corrected chi connectivity index (χ0v) is 11.8. The van der Waals surface area contributed by atoms with Gasteiger partial charge in [0.1, 0.15) is 5.82 Å². The summed E-state index contributed by atoms with van der Waals surface area (Å²) in [5, 5.41) is 3.95. The third-order valence-corrected chi connectivity index (χ3v) is 3.76. The summed E-state index contributed by atoms with van der Waals surface area (Å²) in [6, 6.07) is 5.96. The predicted octanol–water partition coefficient (Wildman–Crippen LogP) is 2.60. The van der Waals surface area contributed by atoms with Gasteiger partial charge in [0.2, 0.25) is 17.6 Å². The van der Waals surface area contributed by atoms with Crippen molar-refractivity contribution in [1.29, 1.82) is 0 Å². The van der Waals surface area contributed by atoms with Crippen LogP contribution in [-0.2, 0) is 4.79 Å². The van der Waals surface area contributed by atoms with Crippen molar-refractivity contribution >= 4 is 5.91 Å². The van der Waals surface area contributed by atoms with Crippen LogP contribution in [0.5, 0.6) is 0 Å². The summed E-state index contributed by atoms with van der Waals surface area (Å²) in [5.41, 5.74) is 0.714. The van der Waals surface area contributed by atoms with Crippen LogP contribution >= 0.6 is 0 Å². The summed E-state index contributed by atoms with van der Waals surface area (Å²) in [6.45, 7) is 2.96. The van der Waals surface area contributed by atoms with Crippen molar-refractivity contribution in [2.75, 3.05) is 13.1 Å². The first kappa shape index (κ1) is 13.7. The van der Waals surface area contributed by atoms with Crippen molar-refractivity contribution in [2.24, 2.45) is 0 Å². The summed E-state index contributed by atoms with van der Waals surface area (Å²) in [4.78, 5) is 17.6. The van der Waals surface area contributed by atoms with Gasteiger partial charge in [-0.1, -0.05) is 5.16 Å². The molecule has 1 saturated heterocycles. The fourth-order valence-electron chi connectivity index (χ4n) is 2.58. The lowest BCUT2D eigenvalue weighted by atomic mass is 9.98. The molecule has 0 radical (unpaired) electrons. The molecule has 1 fully saturated rings. The van der Waals surface area contributed by atoms with Crippen LogP contribution in [0.1, 0.15) is 31.6 Å². The number of carbonyl (C=O) groups is 1. The van der Waals surface area contributed by atoms with E-state index in [1.165, 1.54) is 12.1 Å².